The van der Waals surface area contributed by atoms with Crippen LogP contribution in [0.25, 0.3) is 0 Å². The molecule has 0 spiro atoms. The summed E-state index contributed by atoms with van der Waals surface area (Å²) in [6.07, 6.45) is 1.15. The minimum absolute atomic E-state index is 0.0563. The largest absolute Gasteiger partial charge is 0.283 e. The molecular formula is C9H5Cl2FN4O2S. The van der Waals surface area contributed by atoms with E-state index in [-0.39, 0.29) is 16.3 Å². The highest BCUT2D eigenvalue weighted by molar-refractivity contribution is 7.92. The highest BCUT2D eigenvalue weighted by atomic mass is 35.5. The zero-order chi connectivity index (χ0) is 14.0. The molecule has 2 aromatic heterocycles. The average Bonchev–Trinajstić information content (AvgIpc) is 2.26. The standard InChI is InChI=1S/C9H5Cl2FN4O2S/c10-6-4-7(15-9(11)14-6)16-19(17,18)8-5(12)2-1-3-13-8/h1-4H,(H,14,15,16). The molecule has 0 aliphatic carbocycles. The van der Waals surface area contributed by atoms with Crippen molar-refractivity contribution in [2.45, 2.75) is 5.03 Å². The Morgan fingerprint density at radius 1 is 1.26 bits per heavy atom. The van der Waals surface area contributed by atoms with Crippen molar-refractivity contribution >= 4 is 39.0 Å². The van der Waals surface area contributed by atoms with Crippen LogP contribution >= 0.6 is 23.2 Å². The molecule has 0 unspecified atom stereocenters. The van der Waals surface area contributed by atoms with Gasteiger partial charge in [-0.15, -0.1) is 0 Å². The zero-order valence-electron chi connectivity index (χ0n) is 9.01. The maximum absolute atomic E-state index is 13.4. The predicted molar refractivity (Wildman–Crippen MR) is 67.1 cm³/mol. The molecule has 6 nitrogen and oxygen atoms in total. The molecule has 0 fully saturated rings. The van der Waals surface area contributed by atoms with E-state index in [9.17, 15) is 12.8 Å². The molecule has 10 heteroatoms. The number of sulfonamides is 1. The molecule has 0 aliphatic heterocycles. The van der Waals surface area contributed by atoms with E-state index >= 15 is 0 Å². The smallest absolute Gasteiger partial charge is 0.262 e. The van der Waals surface area contributed by atoms with Gasteiger partial charge in [0.2, 0.25) is 10.3 Å². The van der Waals surface area contributed by atoms with Crippen molar-refractivity contribution in [3.8, 4) is 0 Å². The van der Waals surface area contributed by atoms with E-state index in [2.05, 4.69) is 15.0 Å². The number of hydrogen-bond donors (Lipinski definition) is 1. The van der Waals surface area contributed by atoms with Crippen LogP contribution in [-0.2, 0) is 10.0 Å². The fraction of sp³-hybridized carbons (Fsp3) is 0. The molecular weight excluding hydrogens is 318 g/mol. The topological polar surface area (TPSA) is 84.8 Å². The van der Waals surface area contributed by atoms with E-state index < -0.39 is 20.9 Å². The van der Waals surface area contributed by atoms with E-state index in [1.54, 1.807) is 0 Å². The summed E-state index contributed by atoms with van der Waals surface area (Å²) in [6.45, 7) is 0. The molecule has 0 radical (unpaired) electrons. The third-order valence-corrected chi connectivity index (χ3v) is 3.54. The van der Waals surface area contributed by atoms with Gasteiger partial charge in [-0.1, -0.05) is 11.6 Å². The second kappa shape index (κ2) is 5.24. The third kappa shape index (κ3) is 3.28. The normalized spacial score (nSPS) is 11.3. The van der Waals surface area contributed by atoms with Crippen LogP contribution in [0.15, 0.2) is 29.4 Å². The van der Waals surface area contributed by atoms with E-state index in [1.807, 2.05) is 4.72 Å². The first-order valence-corrected chi connectivity index (χ1v) is 6.96. The second-order valence-corrected chi connectivity index (χ2v) is 5.56. The van der Waals surface area contributed by atoms with Crippen LogP contribution in [0.1, 0.15) is 0 Å². The Morgan fingerprint density at radius 3 is 2.63 bits per heavy atom. The van der Waals surface area contributed by atoms with Crippen molar-refractivity contribution in [2.75, 3.05) is 4.72 Å². The van der Waals surface area contributed by atoms with Gasteiger partial charge in [-0.05, 0) is 23.7 Å². The highest BCUT2D eigenvalue weighted by Crippen LogP contribution is 2.18. The van der Waals surface area contributed by atoms with E-state index in [1.165, 1.54) is 6.07 Å². The predicted octanol–water partition coefficient (Wildman–Crippen LogP) is 2.12. The summed E-state index contributed by atoms with van der Waals surface area (Å²) in [6, 6.07) is 3.38. The molecule has 0 atom stereocenters. The lowest BCUT2D eigenvalue weighted by molar-refractivity contribution is 0.556. The minimum Gasteiger partial charge on any atom is -0.262 e. The summed E-state index contributed by atoms with van der Waals surface area (Å²) in [5.74, 6) is -1.17. The molecule has 2 aromatic rings. The van der Waals surface area contributed by atoms with Crippen molar-refractivity contribution in [1.29, 1.82) is 0 Å². The van der Waals surface area contributed by atoms with Crippen LogP contribution in [0.4, 0.5) is 10.2 Å². The van der Waals surface area contributed by atoms with Gasteiger partial charge in [0.25, 0.3) is 10.0 Å². The van der Waals surface area contributed by atoms with Gasteiger partial charge in [0.05, 0.1) is 0 Å². The molecule has 0 saturated carbocycles. The van der Waals surface area contributed by atoms with Gasteiger partial charge in [0, 0.05) is 12.3 Å². The third-order valence-electron chi connectivity index (χ3n) is 1.89. The van der Waals surface area contributed by atoms with Crippen LogP contribution in [0.3, 0.4) is 0 Å². The lowest BCUT2D eigenvalue weighted by Gasteiger charge is -2.07. The van der Waals surface area contributed by atoms with Gasteiger partial charge >= 0.3 is 0 Å². The van der Waals surface area contributed by atoms with Crippen molar-refractivity contribution in [3.05, 3.63) is 40.6 Å². The Bertz CT molecular complexity index is 706. The zero-order valence-corrected chi connectivity index (χ0v) is 11.3. The van der Waals surface area contributed by atoms with Crippen molar-refractivity contribution < 1.29 is 12.8 Å². The van der Waals surface area contributed by atoms with Gasteiger partial charge in [-0.25, -0.2) is 14.4 Å². The highest BCUT2D eigenvalue weighted by Gasteiger charge is 2.21. The molecule has 0 amide bonds. The number of nitrogens with one attached hydrogen (secondary N) is 1. The lowest BCUT2D eigenvalue weighted by atomic mass is 10.5. The maximum Gasteiger partial charge on any atom is 0.283 e. The quantitative estimate of drug-likeness (QED) is 0.691. The van der Waals surface area contributed by atoms with Gasteiger partial charge in [0.1, 0.15) is 11.0 Å². The Balaban J connectivity index is 2.39. The summed E-state index contributed by atoms with van der Waals surface area (Å²) in [7, 11) is -4.22. The summed E-state index contributed by atoms with van der Waals surface area (Å²) < 4.78 is 39.2. The maximum atomic E-state index is 13.4. The Labute approximate surface area is 117 Å². The van der Waals surface area contributed by atoms with E-state index in [4.69, 9.17) is 23.2 Å². The van der Waals surface area contributed by atoms with Crippen molar-refractivity contribution in [2.24, 2.45) is 0 Å². The number of rotatable bonds is 3. The number of pyridine rings is 1. The Kier molecular flexibility index (Phi) is 3.83. The first-order valence-electron chi connectivity index (χ1n) is 4.72. The van der Waals surface area contributed by atoms with Crippen LogP contribution in [0, 0.1) is 5.82 Å². The molecule has 1 N–H and O–H groups in total. The molecule has 2 rings (SSSR count). The van der Waals surface area contributed by atoms with Gasteiger partial charge in [0.15, 0.2) is 5.82 Å². The fourth-order valence-electron chi connectivity index (χ4n) is 1.20. The summed E-state index contributed by atoms with van der Waals surface area (Å²) >= 11 is 11.1. The SMILES string of the molecule is O=S(=O)(Nc1cc(Cl)nc(Cl)n1)c1ncccc1F. The molecule has 0 bridgehead atoms. The van der Waals surface area contributed by atoms with Crippen LogP contribution in [0.2, 0.25) is 10.4 Å². The fourth-order valence-corrected chi connectivity index (χ4v) is 2.61. The first kappa shape index (κ1) is 13.9. The molecule has 19 heavy (non-hydrogen) atoms. The Hall–Kier alpha value is -1.51. The number of nitrogens with zero attached hydrogens (tertiary/aromatic N) is 3. The number of anilines is 1. The summed E-state index contributed by atoms with van der Waals surface area (Å²) in [5.41, 5.74) is 0. The van der Waals surface area contributed by atoms with Gasteiger partial charge in [-0.3, -0.25) is 4.72 Å². The average molecular weight is 323 g/mol. The summed E-state index contributed by atoms with van der Waals surface area (Å²) in [4.78, 5) is 10.6. The van der Waals surface area contributed by atoms with E-state index in [0.717, 1.165) is 18.3 Å². The lowest BCUT2D eigenvalue weighted by Crippen LogP contribution is -2.17. The molecule has 0 aromatic carbocycles. The monoisotopic (exact) mass is 322 g/mol. The Morgan fingerprint density at radius 2 is 2.00 bits per heavy atom. The van der Waals surface area contributed by atoms with Crippen molar-refractivity contribution in [1.82, 2.24) is 15.0 Å². The number of hydrogen-bond acceptors (Lipinski definition) is 5. The number of halogens is 3. The summed E-state index contributed by atoms with van der Waals surface area (Å²) in [5, 5.41) is -1.05. The van der Waals surface area contributed by atoms with Crippen LogP contribution in [0.5, 0.6) is 0 Å². The van der Waals surface area contributed by atoms with Crippen LogP contribution in [-0.4, -0.2) is 23.4 Å². The number of aromatic nitrogens is 3. The van der Waals surface area contributed by atoms with Gasteiger partial charge in [-0.2, -0.15) is 13.4 Å². The molecule has 100 valence electrons. The molecule has 0 saturated heterocycles. The minimum atomic E-state index is -4.22. The van der Waals surface area contributed by atoms with Gasteiger partial charge < -0.3 is 0 Å². The molecule has 2 heterocycles. The van der Waals surface area contributed by atoms with E-state index in [0.29, 0.717) is 0 Å². The van der Waals surface area contributed by atoms with Crippen LogP contribution < -0.4 is 4.72 Å². The van der Waals surface area contributed by atoms with Crippen molar-refractivity contribution in [3.63, 3.8) is 0 Å². The first-order chi connectivity index (χ1) is 8.88. The second-order valence-electron chi connectivity index (χ2n) is 3.24. The molecule has 0 aliphatic rings.